The number of nitrogen functional groups attached to an aromatic ring is 1. The summed E-state index contributed by atoms with van der Waals surface area (Å²) in [5.74, 6) is -0.0987. The molecular weight excluding hydrogens is 240 g/mol. The number of amides is 1. The lowest BCUT2D eigenvalue weighted by Crippen LogP contribution is -2.25. The Bertz CT molecular complexity index is 440. The summed E-state index contributed by atoms with van der Waals surface area (Å²) in [7, 11) is 0. The highest BCUT2D eigenvalue weighted by Gasteiger charge is 2.15. The van der Waals surface area contributed by atoms with E-state index in [0.29, 0.717) is 5.69 Å². The lowest BCUT2D eigenvalue weighted by molar-refractivity contribution is -0.123. The number of hydrogen-bond acceptors (Lipinski definition) is 3. The third kappa shape index (κ3) is 4.24. The topological polar surface area (TPSA) is 64.3 Å². The van der Waals surface area contributed by atoms with Gasteiger partial charge in [0.2, 0.25) is 5.91 Å². The molecule has 1 aliphatic carbocycles. The van der Waals surface area contributed by atoms with E-state index in [4.69, 9.17) is 10.5 Å². The molecule has 0 atom stereocenters. The molecule has 0 unspecified atom stereocenters. The molecule has 4 nitrogen and oxygen atoms in total. The van der Waals surface area contributed by atoms with Crippen LogP contribution in [0.4, 0.5) is 11.4 Å². The molecule has 0 radical (unpaired) electrons. The number of carbonyl (C=O) groups excluding carboxylic acids is 1. The van der Waals surface area contributed by atoms with Crippen molar-refractivity contribution in [3.05, 3.63) is 23.8 Å². The SMILES string of the molecule is Cc1cc(N)ccc1NC(=O)COC1CCCCC1. The van der Waals surface area contributed by atoms with Crippen LogP contribution in [0.25, 0.3) is 0 Å². The minimum absolute atomic E-state index is 0.0987. The van der Waals surface area contributed by atoms with Gasteiger partial charge in [-0.1, -0.05) is 19.3 Å². The van der Waals surface area contributed by atoms with E-state index in [1.807, 2.05) is 19.1 Å². The van der Waals surface area contributed by atoms with E-state index in [2.05, 4.69) is 5.32 Å². The van der Waals surface area contributed by atoms with Gasteiger partial charge in [0.05, 0.1) is 6.10 Å². The average molecular weight is 262 g/mol. The zero-order chi connectivity index (χ0) is 13.7. The van der Waals surface area contributed by atoms with Crippen molar-refractivity contribution in [2.45, 2.75) is 45.1 Å². The molecule has 4 heteroatoms. The highest BCUT2D eigenvalue weighted by Crippen LogP contribution is 2.21. The summed E-state index contributed by atoms with van der Waals surface area (Å²) in [6.45, 7) is 2.06. The molecule has 1 fully saturated rings. The average Bonchev–Trinajstić information content (AvgIpc) is 2.41. The molecule has 1 amide bonds. The maximum atomic E-state index is 11.8. The van der Waals surface area contributed by atoms with Gasteiger partial charge in [0.15, 0.2) is 0 Å². The first-order valence-electron chi connectivity index (χ1n) is 6.93. The highest BCUT2D eigenvalue weighted by molar-refractivity contribution is 5.92. The Morgan fingerprint density at radius 2 is 2.11 bits per heavy atom. The molecule has 0 heterocycles. The summed E-state index contributed by atoms with van der Waals surface area (Å²) >= 11 is 0. The maximum Gasteiger partial charge on any atom is 0.250 e. The lowest BCUT2D eigenvalue weighted by atomic mass is 9.98. The zero-order valence-corrected chi connectivity index (χ0v) is 11.4. The summed E-state index contributed by atoms with van der Waals surface area (Å²) in [4.78, 5) is 11.8. The van der Waals surface area contributed by atoms with Gasteiger partial charge >= 0.3 is 0 Å². The number of aryl methyl sites for hydroxylation is 1. The Morgan fingerprint density at radius 1 is 1.37 bits per heavy atom. The standard InChI is InChI=1S/C15H22N2O2/c1-11-9-12(16)7-8-14(11)17-15(18)10-19-13-5-3-2-4-6-13/h7-9,13H,2-6,10,16H2,1H3,(H,17,18). The third-order valence-corrected chi connectivity index (χ3v) is 3.53. The molecule has 0 aliphatic heterocycles. The fraction of sp³-hybridized carbons (Fsp3) is 0.533. The summed E-state index contributed by atoms with van der Waals surface area (Å²) in [5.41, 5.74) is 8.14. The van der Waals surface area contributed by atoms with E-state index >= 15 is 0 Å². The lowest BCUT2D eigenvalue weighted by Gasteiger charge is -2.21. The van der Waals surface area contributed by atoms with Crippen LogP contribution >= 0.6 is 0 Å². The third-order valence-electron chi connectivity index (χ3n) is 3.53. The second-order valence-corrected chi connectivity index (χ2v) is 5.19. The van der Waals surface area contributed by atoms with Crippen LogP contribution in [0.2, 0.25) is 0 Å². The van der Waals surface area contributed by atoms with Crippen molar-refractivity contribution < 1.29 is 9.53 Å². The Hall–Kier alpha value is -1.55. The van der Waals surface area contributed by atoms with E-state index in [9.17, 15) is 4.79 Å². The van der Waals surface area contributed by atoms with E-state index in [0.717, 1.165) is 24.1 Å². The molecule has 1 aromatic carbocycles. The fourth-order valence-electron chi connectivity index (χ4n) is 2.44. The van der Waals surface area contributed by atoms with Crippen LogP contribution in [0.1, 0.15) is 37.7 Å². The molecule has 1 aromatic rings. The molecule has 0 bridgehead atoms. The summed E-state index contributed by atoms with van der Waals surface area (Å²) in [6, 6.07) is 5.45. The van der Waals surface area contributed by atoms with Crippen LogP contribution < -0.4 is 11.1 Å². The predicted molar refractivity (Wildman–Crippen MR) is 77.0 cm³/mol. The number of anilines is 2. The van der Waals surface area contributed by atoms with Gasteiger partial charge in [0.25, 0.3) is 0 Å². The summed E-state index contributed by atoms with van der Waals surface area (Å²) < 4.78 is 5.64. The van der Waals surface area contributed by atoms with E-state index in [1.54, 1.807) is 6.07 Å². The van der Waals surface area contributed by atoms with Crippen LogP contribution in [0, 0.1) is 6.92 Å². The first-order chi connectivity index (χ1) is 9.15. The van der Waals surface area contributed by atoms with Crippen LogP contribution in [0.15, 0.2) is 18.2 Å². The van der Waals surface area contributed by atoms with Crippen LogP contribution in [0.5, 0.6) is 0 Å². The van der Waals surface area contributed by atoms with Crippen molar-refractivity contribution in [1.82, 2.24) is 0 Å². The molecular formula is C15H22N2O2. The molecule has 19 heavy (non-hydrogen) atoms. The molecule has 104 valence electrons. The second kappa shape index (κ2) is 6.57. The van der Waals surface area contributed by atoms with E-state index in [-0.39, 0.29) is 18.6 Å². The molecule has 0 aromatic heterocycles. The number of hydrogen-bond donors (Lipinski definition) is 2. The Balaban J connectivity index is 1.80. The Kier molecular flexibility index (Phi) is 4.80. The predicted octanol–water partition coefficient (Wildman–Crippen LogP) is 2.87. The normalized spacial score (nSPS) is 16.3. The van der Waals surface area contributed by atoms with Crippen molar-refractivity contribution >= 4 is 17.3 Å². The number of nitrogens with one attached hydrogen (secondary N) is 1. The number of ether oxygens (including phenoxy) is 1. The number of carbonyl (C=O) groups is 1. The van der Waals surface area contributed by atoms with E-state index < -0.39 is 0 Å². The van der Waals surface area contributed by atoms with Crippen LogP contribution in [-0.2, 0) is 9.53 Å². The molecule has 3 N–H and O–H groups in total. The number of rotatable bonds is 4. The van der Waals surface area contributed by atoms with Crippen molar-refractivity contribution in [3.8, 4) is 0 Å². The van der Waals surface area contributed by atoms with Gasteiger partial charge in [0, 0.05) is 11.4 Å². The van der Waals surface area contributed by atoms with Gasteiger partial charge in [-0.05, 0) is 43.5 Å². The van der Waals surface area contributed by atoms with E-state index in [1.165, 1.54) is 19.3 Å². The maximum absolute atomic E-state index is 11.8. The van der Waals surface area contributed by atoms with Gasteiger partial charge in [-0.25, -0.2) is 0 Å². The molecule has 1 aliphatic rings. The van der Waals surface area contributed by atoms with Crippen molar-refractivity contribution in [1.29, 1.82) is 0 Å². The van der Waals surface area contributed by atoms with Gasteiger partial charge in [-0.2, -0.15) is 0 Å². The molecule has 0 saturated heterocycles. The quantitative estimate of drug-likeness (QED) is 0.820. The van der Waals surface area contributed by atoms with Crippen molar-refractivity contribution in [2.75, 3.05) is 17.7 Å². The van der Waals surface area contributed by atoms with Gasteiger partial charge in [-0.3, -0.25) is 4.79 Å². The van der Waals surface area contributed by atoms with Crippen LogP contribution in [-0.4, -0.2) is 18.6 Å². The highest BCUT2D eigenvalue weighted by atomic mass is 16.5. The number of nitrogens with two attached hydrogens (primary N) is 1. The Labute approximate surface area is 114 Å². The zero-order valence-electron chi connectivity index (χ0n) is 11.4. The first-order valence-corrected chi connectivity index (χ1v) is 6.93. The molecule has 1 saturated carbocycles. The minimum Gasteiger partial charge on any atom is -0.399 e. The summed E-state index contributed by atoms with van der Waals surface area (Å²) in [6.07, 6.45) is 6.12. The monoisotopic (exact) mass is 262 g/mol. The van der Waals surface area contributed by atoms with Gasteiger partial charge < -0.3 is 15.8 Å². The van der Waals surface area contributed by atoms with Gasteiger partial charge in [0.1, 0.15) is 6.61 Å². The van der Waals surface area contributed by atoms with Crippen molar-refractivity contribution in [2.24, 2.45) is 0 Å². The first kappa shape index (κ1) is 13.9. The minimum atomic E-state index is -0.0987. The van der Waals surface area contributed by atoms with Crippen molar-refractivity contribution in [3.63, 3.8) is 0 Å². The largest absolute Gasteiger partial charge is 0.399 e. The second-order valence-electron chi connectivity index (χ2n) is 5.19. The molecule has 0 spiro atoms. The summed E-state index contributed by atoms with van der Waals surface area (Å²) in [5, 5.41) is 2.86. The fourth-order valence-corrected chi connectivity index (χ4v) is 2.44. The van der Waals surface area contributed by atoms with Crippen LogP contribution in [0.3, 0.4) is 0 Å². The Morgan fingerprint density at radius 3 is 2.79 bits per heavy atom. The smallest absolute Gasteiger partial charge is 0.250 e. The molecule has 2 rings (SSSR count). The van der Waals surface area contributed by atoms with Gasteiger partial charge in [-0.15, -0.1) is 0 Å². The number of benzene rings is 1.